The van der Waals surface area contributed by atoms with Crippen molar-refractivity contribution in [1.29, 1.82) is 0 Å². The van der Waals surface area contributed by atoms with E-state index < -0.39 is 0 Å². The summed E-state index contributed by atoms with van der Waals surface area (Å²) in [5.41, 5.74) is 2.61. The predicted molar refractivity (Wildman–Crippen MR) is 139 cm³/mol. The van der Waals surface area contributed by atoms with Crippen LogP contribution in [-0.4, -0.2) is 41.3 Å². The Morgan fingerprint density at radius 1 is 1.09 bits per heavy atom. The first kappa shape index (κ1) is 24.8. The summed E-state index contributed by atoms with van der Waals surface area (Å²) in [4.78, 5) is 31.1. The van der Waals surface area contributed by atoms with E-state index in [0.29, 0.717) is 32.2 Å². The average molecular weight is 555 g/mol. The average Bonchev–Trinajstić information content (AvgIpc) is 3.12. The van der Waals surface area contributed by atoms with E-state index in [1.165, 1.54) is 4.90 Å². The first-order valence-corrected chi connectivity index (χ1v) is 12.4. The highest BCUT2D eigenvalue weighted by atomic mass is 79.9. The number of aryl methyl sites for hydroxylation is 1. The van der Waals surface area contributed by atoms with Gasteiger partial charge in [-0.2, -0.15) is 0 Å². The van der Waals surface area contributed by atoms with Crippen molar-refractivity contribution < 1.29 is 23.8 Å². The van der Waals surface area contributed by atoms with Crippen molar-refractivity contribution in [3.05, 3.63) is 87.0 Å². The number of carbonyl (C=O) groups excluding carboxylic acids is 2. The summed E-state index contributed by atoms with van der Waals surface area (Å²) >= 11 is 4.42. The number of nitrogens with zero attached hydrogens (tertiary/aromatic N) is 2. The molecule has 4 rings (SSSR count). The summed E-state index contributed by atoms with van der Waals surface area (Å²) in [6.45, 7) is 2.66. The van der Waals surface area contributed by atoms with Crippen molar-refractivity contribution in [3.63, 3.8) is 0 Å². The molecule has 1 fully saturated rings. The summed E-state index contributed by atoms with van der Waals surface area (Å²) in [5.74, 6) is 1.36. The molecule has 35 heavy (non-hydrogen) atoms. The Kier molecular flexibility index (Phi) is 8.09. The molecule has 1 aromatic heterocycles. The van der Waals surface area contributed by atoms with E-state index in [4.69, 9.17) is 14.2 Å². The second kappa shape index (κ2) is 11.4. The molecule has 0 atom stereocenters. The number of rotatable bonds is 9. The molecule has 180 valence electrons. The van der Waals surface area contributed by atoms with Crippen LogP contribution in [0, 0.1) is 6.92 Å². The van der Waals surface area contributed by atoms with Gasteiger partial charge in [-0.15, -0.1) is 0 Å². The maximum Gasteiger partial charge on any atom is 0.293 e. The van der Waals surface area contributed by atoms with E-state index >= 15 is 0 Å². The van der Waals surface area contributed by atoms with Crippen molar-refractivity contribution >= 4 is 44.9 Å². The zero-order valence-electron chi connectivity index (χ0n) is 19.2. The van der Waals surface area contributed by atoms with E-state index in [2.05, 4.69) is 20.9 Å². The van der Waals surface area contributed by atoms with Crippen LogP contribution in [0.5, 0.6) is 17.2 Å². The standard InChI is InChI=1S/C26H23BrN2O5S/c1-17-6-8-20(9-7-17)33-12-11-29-25(30)23(35-26(29)31)15-18-13-21(27)24(22(14-18)32-2)34-16-19-5-3-4-10-28-19/h3-10,13-15H,11-12,16H2,1-2H3/b23-15-. The number of halogens is 1. The minimum Gasteiger partial charge on any atom is -0.493 e. The Morgan fingerprint density at radius 3 is 2.60 bits per heavy atom. The zero-order chi connectivity index (χ0) is 24.8. The van der Waals surface area contributed by atoms with Crippen molar-refractivity contribution in [2.45, 2.75) is 13.5 Å². The van der Waals surface area contributed by atoms with Crippen molar-refractivity contribution in [2.75, 3.05) is 20.3 Å². The van der Waals surface area contributed by atoms with Gasteiger partial charge in [0.05, 0.1) is 28.7 Å². The Hall–Kier alpha value is -3.30. The Balaban J connectivity index is 1.43. The molecular formula is C26H23BrN2O5S. The van der Waals surface area contributed by atoms with Crippen LogP contribution in [0.1, 0.15) is 16.8 Å². The fourth-order valence-corrected chi connectivity index (χ4v) is 4.77. The molecule has 0 N–H and O–H groups in total. The van der Waals surface area contributed by atoms with Crippen LogP contribution in [0.2, 0.25) is 0 Å². The van der Waals surface area contributed by atoms with Gasteiger partial charge in [0.2, 0.25) is 0 Å². The molecule has 1 saturated heterocycles. The highest BCUT2D eigenvalue weighted by Gasteiger charge is 2.35. The summed E-state index contributed by atoms with van der Waals surface area (Å²) < 4.78 is 17.7. The molecule has 0 radical (unpaired) electrons. The lowest BCUT2D eigenvalue weighted by molar-refractivity contribution is -0.123. The monoisotopic (exact) mass is 554 g/mol. The Morgan fingerprint density at radius 2 is 1.89 bits per heavy atom. The number of thioether (sulfide) groups is 1. The second-order valence-corrected chi connectivity index (χ2v) is 9.49. The molecule has 0 saturated carbocycles. The molecule has 0 spiro atoms. The molecule has 1 aliphatic heterocycles. The number of amides is 2. The lowest BCUT2D eigenvalue weighted by atomic mass is 10.2. The van der Waals surface area contributed by atoms with Crippen LogP contribution in [0.15, 0.2) is 70.2 Å². The van der Waals surface area contributed by atoms with Gasteiger partial charge in [0.15, 0.2) is 11.5 Å². The van der Waals surface area contributed by atoms with Gasteiger partial charge in [-0.3, -0.25) is 19.5 Å². The van der Waals surface area contributed by atoms with E-state index in [1.807, 2.05) is 55.5 Å². The quantitative estimate of drug-likeness (QED) is 0.307. The summed E-state index contributed by atoms with van der Waals surface area (Å²) in [7, 11) is 1.54. The van der Waals surface area contributed by atoms with E-state index in [9.17, 15) is 9.59 Å². The van der Waals surface area contributed by atoms with E-state index in [0.717, 1.165) is 23.0 Å². The minimum atomic E-state index is -0.349. The lowest BCUT2D eigenvalue weighted by Gasteiger charge is -2.14. The molecule has 3 aromatic rings. The van der Waals surface area contributed by atoms with Gasteiger partial charge < -0.3 is 14.2 Å². The van der Waals surface area contributed by atoms with Crippen LogP contribution in [-0.2, 0) is 11.4 Å². The lowest BCUT2D eigenvalue weighted by Crippen LogP contribution is -2.32. The van der Waals surface area contributed by atoms with Crippen molar-refractivity contribution in [3.8, 4) is 17.2 Å². The molecule has 2 heterocycles. The van der Waals surface area contributed by atoms with Gasteiger partial charge >= 0.3 is 0 Å². The molecule has 7 nitrogen and oxygen atoms in total. The van der Waals surface area contributed by atoms with Gasteiger partial charge in [-0.1, -0.05) is 23.8 Å². The molecule has 1 aliphatic rings. The molecule has 0 unspecified atom stereocenters. The molecule has 0 aliphatic carbocycles. The maximum absolute atomic E-state index is 12.9. The van der Waals surface area contributed by atoms with Gasteiger partial charge in [0.1, 0.15) is 19.0 Å². The van der Waals surface area contributed by atoms with Crippen LogP contribution in [0.3, 0.4) is 0 Å². The van der Waals surface area contributed by atoms with Gasteiger partial charge in [0.25, 0.3) is 11.1 Å². The van der Waals surface area contributed by atoms with Gasteiger partial charge in [0, 0.05) is 6.20 Å². The number of ether oxygens (including phenoxy) is 3. The number of hydrogen-bond acceptors (Lipinski definition) is 7. The van der Waals surface area contributed by atoms with E-state index in [-0.39, 0.29) is 30.9 Å². The normalized spacial score (nSPS) is 14.5. The number of carbonyl (C=O) groups is 2. The van der Waals surface area contributed by atoms with Crippen LogP contribution >= 0.6 is 27.7 Å². The highest BCUT2D eigenvalue weighted by Crippen LogP contribution is 2.39. The third-order valence-corrected chi connectivity index (χ3v) is 6.61. The molecule has 9 heteroatoms. The largest absolute Gasteiger partial charge is 0.493 e. The smallest absolute Gasteiger partial charge is 0.293 e. The maximum atomic E-state index is 12.9. The molecule has 2 aromatic carbocycles. The first-order chi connectivity index (χ1) is 16.9. The number of imide groups is 1. The fourth-order valence-electron chi connectivity index (χ4n) is 3.33. The van der Waals surface area contributed by atoms with Gasteiger partial charge in [-0.05, 0) is 82.7 Å². The SMILES string of the molecule is COc1cc(/C=C2\SC(=O)N(CCOc3ccc(C)cc3)C2=O)cc(Br)c1OCc1ccccn1. The van der Waals surface area contributed by atoms with E-state index in [1.54, 1.807) is 25.4 Å². The second-order valence-electron chi connectivity index (χ2n) is 7.64. The predicted octanol–water partition coefficient (Wildman–Crippen LogP) is 5.86. The fraction of sp³-hybridized carbons (Fsp3) is 0.192. The number of hydrogen-bond donors (Lipinski definition) is 0. The Labute approximate surface area is 216 Å². The molecule has 2 amide bonds. The number of methoxy groups -OCH3 is 1. The third-order valence-electron chi connectivity index (χ3n) is 5.12. The van der Waals surface area contributed by atoms with Crippen molar-refractivity contribution in [1.82, 2.24) is 9.88 Å². The summed E-state index contributed by atoms with van der Waals surface area (Å²) in [6, 6.07) is 16.8. The topological polar surface area (TPSA) is 78.0 Å². The van der Waals surface area contributed by atoms with Crippen molar-refractivity contribution in [2.24, 2.45) is 0 Å². The minimum absolute atomic E-state index is 0.170. The number of pyridine rings is 1. The highest BCUT2D eigenvalue weighted by molar-refractivity contribution is 9.10. The van der Waals surface area contributed by atoms with Gasteiger partial charge in [-0.25, -0.2) is 0 Å². The Bertz CT molecular complexity index is 1250. The summed E-state index contributed by atoms with van der Waals surface area (Å²) in [5, 5.41) is -0.324. The number of benzene rings is 2. The summed E-state index contributed by atoms with van der Waals surface area (Å²) in [6.07, 6.45) is 3.37. The first-order valence-electron chi connectivity index (χ1n) is 10.8. The molecular weight excluding hydrogens is 532 g/mol. The third kappa shape index (κ3) is 6.23. The van der Waals surface area contributed by atoms with Crippen LogP contribution in [0.4, 0.5) is 4.79 Å². The van der Waals surface area contributed by atoms with Crippen LogP contribution in [0.25, 0.3) is 6.08 Å². The zero-order valence-corrected chi connectivity index (χ0v) is 21.6. The molecule has 0 bridgehead atoms. The van der Waals surface area contributed by atoms with Crippen LogP contribution < -0.4 is 14.2 Å². The number of aromatic nitrogens is 1.